The zero-order valence-electron chi connectivity index (χ0n) is 9.19. The summed E-state index contributed by atoms with van der Waals surface area (Å²) in [6.45, 7) is 0. The first kappa shape index (κ1) is 15.1. The number of phenols is 1. The fourth-order valence-electron chi connectivity index (χ4n) is 1.38. The van der Waals surface area contributed by atoms with Crippen LogP contribution in [0.5, 0.6) is 5.75 Å². The van der Waals surface area contributed by atoms with Gasteiger partial charge >= 0.3 is 18.3 Å². The number of methoxy groups -OCH3 is 1. The van der Waals surface area contributed by atoms with Crippen molar-refractivity contribution in [1.29, 1.82) is 0 Å². The lowest BCUT2D eigenvalue weighted by atomic mass is 10.0. The lowest BCUT2D eigenvalue weighted by Crippen LogP contribution is -2.18. The number of alkyl halides is 6. The van der Waals surface area contributed by atoms with E-state index < -0.39 is 40.8 Å². The molecule has 0 atom stereocenters. The standard InChI is InChI=1S/C10H6F6O3/c1-19-8(18)4-2-5(9(11,12)13)7(6(17)3-4)10(14,15)16/h2-3,17H,1H3. The molecule has 0 spiro atoms. The van der Waals surface area contributed by atoms with Gasteiger partial charge in [-0.25, -0.2) is 4.79 Å². The van der Waals surface area contributed by atoms with Crippen LogP contribution in [0.1, 0.15) is 21.5 Å². The SMILES string of the molecule is COC(=O)c1cc(O)c(C(F)(F)F)c(C(F)(F)F)c1. The molecular formula is C10H6F6O3. The molecule has 0 unspecified atom stereocenters. The molecule has 0 aliphatic carbocycles. The van der Waals surface area contributed by atoms with Gasteiger partial charge in [-0.1, -0.05) is 0 Å². The number of carbonyl (C=O) groups is 1. The van der Waals surface area contributed by atoms with Crippen molar-refractivity contribution in [2.24, 2.45) is 0 Å². The minimum absolute atomic E-state index is 0.0195. The van der Waals surface area contributed by atoms with Crippen molar-refractivity contribution in [3.8, 4) is 5.75 Å². The van der Waals surface area contributed by atoms with Crippen molar-refractivity contribution < 1.29 is 41.0 Å². The quantitative estimate of drug-likeness (QED) is 0.637. The van der Waals surface area contributed by atoms with Gasteiger partial charge in [0.15, 0.2) is 0 Å². The number of hydrogen-bond donors (Lipinski definition) is 1. The molecule has 0 saturated heterocycles. The van der Waals surface area contributed by atoms with Crippen LogP contribution in [0.3, 0.4) is 0 Å². The van der Waals surface area contributed by atoms with E-state index in [0.717, 1.165) is 7.11 Å². The second-order valence-corrected chi connectivity index (χ2v) is 3.41. The van der Waals surface area contributed by atoms with Crippen LogP contribution in [0.4, 0.5) is 26.3 Å². The average molecular weight is 288 g/mol. The molecule has 0 aromatic heterocycles. The van der Waals surface area contributed by atoms with Gasteiger partial charge in [0.25, 0.3) is 0 Å². The highest BCUT2D eigenvalue weighted by atomic mass is 19.4. The van der Waals surface area contributed by atoms with E-state index in [9.17, 15) is 31.1 Å². The van der Waals surface area contributed by atoms with Crippen molar-refractivity contribution in [3.05, 3.63) is 28.8 Å². The molecule has 0 amide bonds. The average Bonchev–Trinajstić information content (AvgIpc) is 2.23. The number of esters is 1. The summed E-state index contributed by atoms with van der Waals surface area (Å²) in [5, 5.41) is 9.09. The van der Waals surface area contributed by atoms with Gasteiger partial charge in [-0.05, 0) is 12.1 Å². The van der Waals surface area contributed by atoms with E-state index in [1.807, 2.05) is 0 Å². The molecule has 3 nitrogen and oxygen atoms in total. The second kappa shape index (κ2) is 4.63. The molecule has 0 radical (unpaired) electrons. The maximum atomic E-state index is 12.5. The van der Waals surface area contributed by atoms with Crippen molar-refractivity contribution >= 4 is 5.97 Å². The molecule has 19 heavy (non-hydrogen) atoms. The molecule has 1 aromatic rings. The number of carbonyl (C=O) groups excluding carboxylic acids is 1. The largest absolute Gasteiger partial charge is 0.507 e. The van der Waals surface area contributed by atoms with Crippen LogP contribution in [0.25, 0.3) is 0 Å². The molecular weight excluding hydrogens is 282 g/mol. The number of benzene rings is 1. The van der Waals surface area contributed by atoms with Crippen molar-refractivity contribution in [3.63, 3.8) is 0 Å². The highest BCUT2D eigenvalue weighted by Crippen LogP contribution is 2.45. The smallest absolute Gasteiger partial charge is 0.420 e. The third-order valence-corrected chi connectivity index (χ3v) is 2.13. The predicted molar refractivity (Wildman–Crippen MR) is 49.5 cm³/mol. The van der Waals surface area contributed by atoms with Crippen LogP contribution < -0.4 is 0 Å². The van der Waals surface area contributed by atoms with E-state index in [1.54, 1.807) is 0 Å². The van der Waals surface area contributed by atoms with E-state index in [-0.39, 0.29) is 12.1 Å². The first-order valence-corrected chi connectivity index (χ1v) is 4.58. The Morgan fingerprint density at radius 3 is 2.00 bits per heavy atom. The Labute approximate surface area is 102 Å². The van der Waals surface area contributed by atoms with Crippen molar-refractivity contribution in [1.82, 2.24) is 0 Å². The molecule has 106 valence electrons. The summed E-state index contributed by atoms with van der Waals surface area (Å²) in [4.78, 5) is 11.0. The zero-order valence-corrected chi connectivity index (χ0v) is 9.19. The summed E-state index contributed by atoms with van der Waals surface area (Å²) in [6, 6.07) is 0.248. The summed E-state index contributed by atoms with van der Waals surface area (Å²) in [5.74, 6) is -2.99. The van der Waals surface area contributed by atoms with E-state index in [4.69, 9.17) is 5.11 Å². The third-order valence-electron chi connectivity index (χ3n) is 2.13. The molecule has 1 N–H and O–H groups in total. The number of hydrogen-bond acceptors (Lipinski definition) is 3. The Bertz CT molecular complexity index is 503. The normalized spacial score (nSPS) is 12.4. The zero-order chi connectivity index (χ0) is 15.0. The summed E-state index contributed by atoms with van der Waals surface area (Å²) < 4.78 is 79.1. The topological polar surface area (TPSA) is 46.5 Å². The van der Waals surface area contributed by atoms with E-state index in [1.165, 1.54) is 0 Å². The van der Waals surface area contributed by atoms with Gasteiger partial charge in [0.1, 0.15) is 11.3 Å². The maximum Gasteiger partial charge on any atom is 0.420 e. The van der Waals surface area contributed by atoms with Gasteiger partial charge in [0.05, 0.1) is 18.2 Å². The first-order valence-electron chi connectivity index (χ1n) is 4.58. The minimum Gasteiger partial charge on any atom is -0.507 e. The van der Waals surface area contributed by atoms with Gasteiger partial charge in [0.2, 0.25) is 0 Å². The van der Waals surface area contributed by atoms with Gasteiger partial charge in [-0.15, -0.1) is 0 Å². The molecule has 0 bridgehead atoms. The number of phenolic OH excluding ortho intramolecular Hbond substituents is 1. The molecule has 1 aromatic carbocycles. The Morgan fingerprint density at radius 1 is 1.11 bits per heavy atom. The highest BCUT2D eigenvalue weighted by Gasteiger charge is 2.46. The van der Waals surface area contributed by atoms with Crippen molar-refractivity contribution in [2.45, 2.75) is 12.4 Å². The summed E-state index contributed by atoms with van der Waals surface area (Å²) in [6.07, 6.45) is -10.8. The van der Waals surface area contributed by atoms with Crippen LogP contribution in [-0.2, 0) is 17.1 Å². The second-order valence-electron chi connectivity index (χ2n) is 3.41. The van der Waals surface area contributed by atoms with Gasteiger partial charge in [-0.2, -0.15) is 26.3 Å². The summed E-state index contributed by atoms with van der Waals surface area (Å²) in [5.41, 5.74) is -5.23. The van der Waals surface area contributed by atoms with E-state index in [0.29, 0.717) is 0 Å². The van der Waals surface area contributed by atoms with Crippen LogP contribution in [0, 0.1) is 0 Å². The fraction of sp³-hybridized carbons (Fsp3) is 0.300. The minimum atomic E-state index is -5.41. The number of halogens is 6. The molecule has 1 rings (SSSR count). The Kier molecular flexibility index (Phi) is 3.69. The lowest BCUT2D eigenvalue weighted by molar-refractivity contribution is -0.163. The van der Waals surface area contributed by atoms with Gasteiger partial charge in [0, 0.05) is 0 Å². The predicted octanol–water partition coefficient (Wildman–Crippen LogP) is 3.22. The van der Waals surface area contributed by atoms with E-state index in [2.05, 4.69) is 4.74 Å². The number of rotatable bonds is 1. The van der Waals surface area contributed by atoms with Gasteiger partial charge < -0.3 is 9.84 Å². The maximum absolute atomic E-state index is 12.5. The number of aromatic hydroxyl groups is 1. The van der Waals surface area contributed by atoms with E-state index >= 15 is 0 Å². The summed E-state index contributed by atoms with van der Waals surface area (Å²) in [7, 11) is 0.838. The molecule has 9 heteroatoms. The third kappa shape index (κ3) is 3.09. The van der Waals surface area contributed by atoms with Crippen LogP contribution in [0.2, 0.25) is 0 Å². The van der Waals surface area contributed by atoms with Crippen molar-refractivity contribution in [2.75, 3.05) is 7.11 Å². The van der Waals surface area contributed by atoms with Crippen LogP contribution >= 0.6 is 0 Å². The molecule has 0 aliphatic heterocycles. The highest BCUT2D eigenvalue weighted by molar-refractivity contribution is 5.90. The molecule has 0 fully saturated rings. The lowest BCUT2D eigenvalue weighted by Gasteiger charge is -2.17. The van der Waals surface area contributed by atoms with Crippen LogP contribution in [-0.4, -0.2) is 18.2 Å². The Morgan fingerprint density at radius 2 is 1.63 bits per heavy atom. The molecule has 0 saturated carbocycles. The number of ether oxygens (including phenoxy) is 1. The van der Waals surface area contributed by atoms with Gasteiger partial charge in [-0.3, -0.25) is 0 Å². The molecule has 0 aliphatic rings. The monoisotopic (exact) mass is 288 g/mol. The molecule has 0 heterocycles. The van der Waals surface area contributed by atoms with Crippen LogP contribution in [0.15, 0.2) is 12.1 Å². The Balaban J connectivity index is 3.63. The summed E-state index contributed by atoms with van der Waals surface area (Å²) >= 11 is 0. The first-order chi connectivity index (χ1) is 8.48. The fourth-order valence-corrected chi connectivity index (χ4v) is 1.38. The Hall–Kier alpha value is -1.93.